The predicted molar refractivity (Wildman–Crippen MR) is 103 cm³/mol. The highest BCUT2D eigenvalue weighted by molar-refractivity contribution is 6.30. The molecule has 0 aliphatic carbocycles. The molecule has 1 aromatic rings. The molecule has 1 amide bonds. The van der Waals surface area contributed by atoms with E-state index in [2.05, 4.69) is 10.2 Å². The smallest absolute Gasteiger partial charge is 0.223 e. The first kappa shape index (κ1) is 23.3. The van der Waals surface area contributed by atoms with Gasteiger partial charge in [0.05, 0.1) is 0 Å². The van der Waals surface area contributed by atoms with Crippen LogP contribution in [-0.2, 0) is 4.79 Å². The van der Waals surface area contributed by atoms with Crippen LogP contribution in [0.3, 0.4) is 0 Å². The first-order valence-corrected chi connectivity index (χ1v) is 8.10. The lowest BCUT2D eigenvalue weighted by molar-refractivity contribution is -0.132. The number of hydrogen-bond donors (Lipinski definition) is 1. The third-order valence-electron chi connectivity index (χ3n) is 3.80. The van der Waals surface area contributed by atoms with Gasteiger partial charge in [0, 0.05) is 50.7 Å². The summed E-state index contributed by atoms with van der Waals surface area (Å²) in [5, 5.41) is 3.72. The van der Waals surface area contributed by atoms with Crippen LogP contribution in [-0.4, -0.2) is 68.6 Å². The number of ether oxygens (including phenoxy) is 1. The molecule has 0 radical (unpaired) electrons. The fourth-order valence-corrected chi connectivity index (χ4v) is 2.56. The molecule has 0 aromatic heterocycles. The Hall–Kier alpha value is -0.720. The minimum atomic E-state index is 0. The van der Waals surface area contributed by atoms with Gasteiger partial charge in [0.25, 0.3) is 0 Å². The monoisotopic (exact) mass is 397 g/mol. The van der Waals surface area contributed by atoms with Gasteiger partial charge in [0.15, 0.2) is 0 Å². The van der Waals surface area contributed by atoms with Gasteiger partial charge in [0.2, 0.25) is 5.91 Å². The van der Waals surface area contributed by atoms with Crippen molar-refractivity contribution in [1.29, 1.82) is 0 Å². The van der Waals surface area contributed by atoms with Crippen LogP contribution in [0.1, 0.15) is 6.42 Å². The second kappa shape index (κ2) is 12.6. The number of piperazine rings is 1. The Labute approximate surface area is 161 Å². The number of halogens is 3. The molecule has 1 N–H and O–H groups in total. The Bertz CT molecular complexity index is 466. The lowest BCUT2D eigenvalue weighted by Gasteiger charge is -2.34. The molecule has 8 heteroatoms. The van der Waals surface area contributed by atoms with Crippen LogP contribution in [0.5, 0.6) is 5.75 Å². The quantitative estimate of drug-likeness (QED) is 0.765. The lowest BCUT2D eigenvalue weighted by Crippen LogP contribution is -2.49. The standard InChI is InChI=1S/C16H24ClN3O2.2ClH/c1-18-7-6-16(21)20-10-8-19(9-11-20)12-13-22-15-4-2-14(17)3-5-15;;/h2-5,18H,6-13H2,1H3;2*1H. The summed E-state index contributed by atoms with van der Waals surface area (Å²) in [5.74, 6) is 1.08. The number of benzene rings is 1. The van der Waals surface area contributed by atoms with E-state index in [-0.39, 0.29) is 30.7 Å². The Morgan fingerprint density at radius 1 is 1.17 bits per heavy atom. The average Bonchev–Trinajstić information content (AvgIpc) is 2.55. The summed E-state index contributed by atoms with van der Waals surface area (Å²) in [6.07, 6.45) is 0.580. The van der Waals surface area contributed by atoms with Crippen molar-refractivity contribution in [1.82, 2.24) is 15.1 Å². The van der Waals surface area contributed by atoms with Gasteiger partial charge in [-0.05, 0) is 31.3 Å². The molecule has 1 aromatic carbocycles. The van der Waals surface area contributed by atoms with E-state index in [4.69, 9.17) is 16.3 Å². The Kier molecular flexibility index (Phi) is 12.2. The van der Waals surface area contributed by atoms with Crippen molar-refractivity contribution in [3.8, 4) is 5.75 Å². The summed E-state index contributed by atoms with van der Waals surface area (Å²) in [7, 11) is 1.87. The molecule has 24 heavy (non-hydrogen) atoms. The highest BCUT2D eigenvalue weighted by Crippen LogP contribution is 2.15. The molecule has 1 aliphatic heterocycles. The van der Waals surface area contributed by atoms with Crippen LogP contribution in [0.25, 0.3) is 0 Å². The van der Waals surface area contributed by atoms with E-state index in [1.165, 1.54) is 0 Å². The maximum absolute atomic E-state index is 11.9. The van der Waals surface area contributed by atoms with Gasteiger partial charge in [-0.2, -0.15) is 0 Å². The third kappa shape index (κ3) is 7.90. The Morgan fingerprint density at radius 3 is 2.38 bits per heavy atom. The minimum Gasteiger partial charge on any atom is -0.492 e. The van der Waals surface area contributed by atoms with Crippen molar-refractivity contribution in [2.75, 3.05) is 52.9 Å². The van der Waals surface area contributed by atoms with E-state index in [1.54, 1.807) is 0 Å². The average molecular weight is 399 g/mol. The summed E-state index contributed by atoms with van der Waals surface area (Å²) in [5.41, 5.74) is 0. The van der Waals surface area contributed by atoms with Crippen molar-refractivity contribution in [3.05, 3.63) is 29.3 Å². The van der Waals surface area contributed by atoms with Crippen molar-refractivity contribution in [2.45, 2.75) is 6.42 Å². The van der Waals surface area contributed by atoms with E-state index in [9.17, 15) is 4.79 Å². The van der Waals surface area contributed by atoms with Crippen LogP contribution in [0.4, 0.5) is 0 Å². The summed E-state index contributed by atoms with van der Waals surface area (Å²) >= 11 is 5.84. The van der Waals surface area contributed by atoms with Crippen LogP contribution < -0.4 is 10.1 Å². The molecule has 0 spiro atoms. The Balaban J connectivity index is 0.00000264. The van der Waals surface area contributed by atoms with E-state index < -0.39 is 0 Å². The predicted octanol–water partition coefficient (Wildman–Crippen LogP) is 2.32. The molecule has 1 heterocycles. The SMILES string of the molecule is CNCCC(=O)N1CCN(CCOc2ccc(Cl)cc2)CC1.Cl.Cl. The number of nitrogens with one attached hydrogen (secondary N) is 1. The van der Waals surface area contributed by atoms with Gasteiger partial charge in [-0.15, -0.1) is 24.8 Å². The lowest BCUT2D eigenvalue weighted by atomic mass is 10.2. The second-order valence-corrected chi connectivity index (χ2v) is 5.81. The van der Waals surface area contributed by atoms with Crippen LogP contribution in [0.15, 0.2) is 24.3 Å². The van der Waals surface area contributed by atoms with E-state index in [1.807, 2.05) is 36.2 Å². The molecule has 0 saturated carbocycles. The van der Waals surface area contributed by atoms with Gasteiger partial charge in [0.1, 0.15) is 12.4 Å². The number of carbonyl (C=O) groups is 1. The molecule has 0 unspecified atom stereocenters. The summed E-state index contributed by atoms with van der Waals surface area (Å²) in [6, 6.07) is 7.40. The summed E-state index contributed by atoms with van der Waals surface area (Å²) in [6.45, 7) is 5.71. The summed E-state index contributed by atoms with van der Waals surface area (Å²) in [4.78, 5) is 16.2. The Morgan fingerprint density at radius 2 is 1.79 bits per heavy atom. The zero-order chi connectivity index (χ0) is 15.8. The number of nitrogens with zero attached hydrogens (tertiary/aromatic N) is 2. The molecule has 1 saturated heterocycles. The number of hydrogen-bond acceptors (Lipinski definition) is 4. The van der Waals surface area contributed by atoms with E-state index >= 15 is 0 Å². The van der Waals surface area contributed by atoms with Crippen molar-refractivity contribution in [3.63, 3.8) is 0 Å². The molecule has 1 aliphatic rings. The fourth-order valence-electron chi connectivity index (χ4n) is 2.43. The van der Waals surface area contributed by atoms with E-state index in [0.29, 0.717) is 18.1 Å². The van der Waals surface area contributed by atoms with Gasteiger partial charge in [-0.3, -0.25) is 9.69 Å². The maximum Gasteiger partial charge on any atom is 0.223 e. The number of rotatable bonds is 7. The highest BCUT2D eigenvalue weighted by atomic mass is 35.5. The van der Waals surface area contributed by atoms with Gasteiger partial charge in [-0.25, -0.2) is 0 Å². The molecule has 5 nitrogen and oxygen atoms in total. The zero-order valence-electron chi connectivity index (χ0n) is 13.9. The van der Waals surface area contributed by atoms with Crippen LogP contribution in [0.2, 0.25) is 5.02 Å². The first-order valence-electron chi connectivity index (χ1n) is 7.72. The van der Waals surface area contributed by atoms with Crippen molar-refractivity contribution < 1.29 is 9.53 Å². The minimum absolute atomic E-state index is 0. The first-order chi connectivity index (χ1) is 10.7. The maximum atomic E-state index is 11.9. The number of amides is 1. The van der Waals surface area contributed by atoms with Crippen molar-refractivity contribution >= 4 is 42.3 Å². The molecule has 1 fully saturated rings. The van der Waals surface area contributed by atoms with Gasteiger partial charge in [-0.1, -0.05) is 11.6 Å². The molecule has 0 bridgehead atoms. The van der Waals surface area contributed by atoms with Crippen LogP contribution >= 0.6 is 36.4 Å². The molecular formula is C16H26Cl3N3O2. The van der Waals surface area contributed by atoms with Crippen molar-refractivity contribution in [2.24, 2.45) is 0 Å². The molecule has 2 rings (SSSR count). The fraction of sp³-hybridized carbons (Fsp3) is 0.562. The molecule has 0 atom stereocenters. The van der Waals surface area contributed by atoms with E-state index in [0.717, 1.165) is 45.0 Å². The van der Waals surface area contributed by atoms with Gasteiger partial charge < -0.3 is 15.0 Å². The molecular weight excluding hydrogens is 373 g/mol. The third-order valence-corrected chi connectivity index (χ3v) is 4.06. The topological polar surface area (TPSA) is 44.8 Å². The summed E-state index contributed by atoms with van der Waals surface area (Å²) < 4.78 is 5.70. The van der Waals surface area contributed by atoms with Gasteiger partial charge >= 0.3 is 0 Å². The molecule has 138 valence electrons. The van der Waals surface area contributed by atoms with Crippen LogP contribution in [0, 0.1) is 0 Å². The highest BCUT2D eigenvalue weighted by Gasteiger charge is 2.20. The normalized spacial score (nSPS) is 14.5. The largest absolute Gasteiger partial charge is 0.492 e. The number of carbonyl (C=O) groups excluding carboxylic acids is 1. The zero-order valence-corrected chi connectivity index (χ0v) is 16.3. The second-order valence-electron chi connectivity index (χ2n) is 5.38.